The van der Waals surface area contributed by atoms with Crippen LogP contribution in [0.25, 0.3) is 11.0 Å². The third kappa shape index (κ3) is 5.02. The predicted octanol–water partition coefficient (Wildman–Crippen LogP) is 4.48. The van der Waals surface area contributed by atoms with Crippen LogP contribution in [0.2, 0.25) is 0 Å². The third-order valence-electron chi connectivity index (χ3n) is 3.15. The molecule has 0 fully saturated rings. The average molecular weight is 314 g/mol. The minimum Gasteiger partial charge on any atom is -0.489 e. The van der Waals surface area contributed by atoms with Crippen molar-refractivity contribution in [3.8, 4) is 11.5 Å². The number of rotatable bonds is 6. The number of hydrogen-bond acceptors (Lipinski definition) is 4. The zero-order valence-electron chi connectivity index (χ0n) is 14.0. The van der Waals surface area contributed by atoms with Crippen molar-refractivity contribution >= 4 is 11.0 Å². The normalized spacial score (nSPS) is 10.3. The summed E-state index contributed by atoms with van der Waals surface area (Å²) in [6.07, 6.45) is 3.97. The van der Waals surface area contributed by atoms with Crippen molar-refractivity contribution in [2.75, 3.05) is 13.2 Å². The van der Waals surface area contributed by atoms with E-state index in [0.29, 0.717) is 30.3 Å². The molecule has 0 unspecified atom stereocenters. The van der Waals surface area contributed by atoms with Crippen molar-refractivity contribution in [2.24, 2.45) is 0 Å². The van der Waals surface area contributed by atoms with Gasteiger partial charge in [0.25, 0.3) is 0 Å². The zero-order valence-corrected chi connectivity index (χ0v) is 14.0. The highest BCUT2D eigenvalue weighted by Gasteiger charge is 2.08. The molecule has 1 aromatic heterocycles. The summed E-state index contributed by atoms with van der Waals surface area (Å²) in [5, 5.41) is 0.751. The fraction of sp³-hybridized carbons (Fsp3) is 0.316. The van der Waals surface area contributed by atoms with Gasteiger partial charge in [-0.05, 0) is 45.9 Å². The zero-order chi connectivity index (χ0) is 16.8. The first-order valence-electron chi connectivity index (χ1n) is 7.56. The predicted molar refractivity (Wildman–Crippen MR) is 92.3 cm³/mol. The van der Waals surface area contributed by atoms with Gasteiger partial charge in [-0.1, -0.05) is 11.1 Å². The highest BCUT2D eigenvalue weighted by Crippen LogP contribution is 2.30. The van der Waals surface area contributed by atoms with Gasteiger partial charge in [0.2, 0.25) is 0 Å². The summed E-state index contributed by atoms with van der Waals surface area (Å²) < 4.78 is 16.8. The lowest BCUT2D eigenvalue weighted by molar-refractivity contribution is 0.345. The first-order chi connectivity index (χ1) is 11.0. The van der Waals surface area contributed by atoms with Crippen molar-refractivity contribution in [1.29, 1.82) is 0 Å². The van der Waals surface area contributed by atoms with Crippen molar-refractivity contribution in [2.45, 2.75) is 27.7 Å². The molecule has 0 N–H and O–H groups in total. The first-order valence-corrected chi connectivity index (χ1v) is 7.56. The number of ether oxygens (including phenoxy) is 2. The SMILES string of the molecule is CC(C)=CCOc1cc(OCC=C(C)C)c2ccc(=O)oc2c1. The lowest BCUT2D eigenvalue weighted by atomic mass is 10.2. The smallest absolute Gasteiger partial charge is 0.336 e. The molecule has 0 amide bonds. The van der Waals surface area contributed by atoms with Crippen LogP contribution < -0.4 is 15.1 Å². The standard InChI is InChI=1S/C19H22O4/c1-13(2)7-9-21-15-11-17(22-10-8-14(3)4)16-5-6-19(20)23-18(16)12-15/h5-8,11-12H,9-10H2,1-4H3. The Kier molecular flexibility index (Phi) is 5.63. The molecule has 0 radical (unpaired) electrons. The van der Waals surface area contributed by atoms with Crippen molar-refractivity contribution < 1.29 is 13.9 Å². The van der Waals surface area contributed by atoms with E-state index in [1.807, 2.05) is 45.9 Å². The summed E-state index contributed by atoms with van der Waals surface area (Å²) in [5.74, 6) is 1.24. The van der Waals surface area contributed by atoms with E-state index in [-0.39, 0.29) is 0 Å². The van der Waals surface area contributed by atoms with Crippen molar-refractivity contribution in [1.82, 2.24) is 0 Å². The second kappa shape index (κ2) is 7.68. The van der Waals surface area contributed by atoms with Crippen molar-refractivity contribution in [3.63, 3.8) is 0 Å². The molecule has 1 heterocycles. The summed E-state index contributed by atoms with van der Waals surface area (Å²) in [7, 11) is 0. The van der Waals surface area contributed by atoms with Crippen LogP contribution in [0.4, 0.5) is 0 Å². The van der Waals surface area contributed by atoms with E-state index >= 15 is 0 Å². The Hall–Kier alpha value is -2.49. The van der Waals surface area contributed by atoms with Gasteiger partial charge in [0.1, 0.15) is 30.3 Å². The van der Waals surface area contributed by atoms with E-state index in [1.165, 1.54) is 17.2 Å². The van der Waals surface area contributed by atoms with E-state index in [1.54, 1.807) is 12.1 Å². The monoisotopic (exact) mass is 314 g/mol. The summed E-state index contributed by atoms with van der Waals surface area (Å²) in [4.78, 5) is 11.4. The molecule has 4 heteroatoms. The second-order valence-electron chi connectivity index (χ2n) is 5.77. The van der Waals surface area contributed by atoms with Crippen LogP contribution in [0.3, 0.4) is 0 Å². The van der Waals surface area contributed by atoms with Crippen LogP contribution in [0.1, 0.15) is 27.7 Å². The van der Waals surface area contributed by atoms with E-state index in [9.17, 15) is 4.79 Å². The fourth-order valence-electron chi connectivity index (χ4n) is 1.92. The van der Waals surface area contributed by atoms with Gasteiger partial charge in [0.15, 0.2) is 0 Å². The van der Waals surface area contributed by atoms with Gasteiger partial charge in [-0.2, -0.15) is 0 Å². The molecule has 0 spiro atoms. The number of hydrogen-bond donors (Lipinski definition) is 0. The molecule has 0 aliphatic rings. The van der Waals surface area contributed by atoms with Gasteiger partial charge in [-0.3, -0.25) is 0 Å². The van der Waals surface area contributed by atoms with E-state index in [4.69, 9.17) is 13.9 Å². The Morgan fingerprint density at radius 2 is 1.65 bits per heavy atom. The topological polar surface area (TPSA) is 48.7 Å². The highest BCUT2D eigenvalue weighted by atomic mass is 16.5. The van der Waals surface area contributed by atoms with E-state index in [0.717, 1.165) is 5.39 Å². The summed E-state index contributed by atoms with van der Waals surface area (Å²) >= 11 is 0. The van der Waals surface area contributed by atoms with Gasteiger partial charge < -0.3 is 13.9 Å². The Morgan fingerprint density at radius 1 is 1.00 bits per heavy atom. The van der Waals surface area contributed by atoms with Crippen molar-refractivity contribution in [3.05, 3.63) is 58.0 Å². The minimum absolute atomic E-state index is 0.394. The van der Waals surface area contributed by atoms with Crippen LogP contribution in [-0.4, -0.2) is 13.2 Å². The van der Waals surface area contributed by atoms with Crippen LogP contribution in [0.15, 0.2) is 56.8 Å². The van der Waals surface area contributed by atoms with Crippen LogP contribution >= 0.6 is 0 Å². The molecule has 1 aromatic carbocycles. The second-order valence-corrected chi connectivity index (χ2v) is 5.77. The number of allylic oxidation sites excluding steroid dienone is 2. The maximum atomic E-state index is 11.4. The maximum absolute atomic E-state index is 11.4. The summed E-state index contributed by atoms with van der Waals surface area (Å²) in [6, 6.07) is 6.63. The fourth-order valence-corrected chi connectivity index (χ4v) is 1.92. The summed E-state index contributed by atoms with van der Waals surface area (Å²) in [6.45, 7) is 8.96. The number of fused-ring (bicyclic) bond motifs is 1. The molecule has 4 nitrogen and oxygen atoms in total. The highest BCUT2D eigenvalue weighted by molar-refractivity contribution is 5.85. The molecule has 2 aromatic rings. The number of benzene rings is 1. The van der Waals surface area contributed by atoms with Gasteiger partial charge in [0, 0.05) is 18.2 Å². The lowest BCUT2D eigenvalue weighted by Crippen LogP contribution is -2.00. The molecule has 0 saturated carbocycles. The Bertz CT molecular complexity index is 789. The van der Waals surface area contributed by atoms with Gasteiger partial charge in [-0.15, -0.1) is 0 Å². The largest absolute Gasteiger partial charge is 0.489 e. The molecule has 122 valence electrons. The van der Waals surface area contributed by atoms with E-state index < -0.39 is 5.63 Å². The van der Waals surface area contributed by atoms with Gasteiger partial charge in [0.05, 0.1) is 5.39 Å². The molecular weight excluding hydrogens is 292 g/mol. The molecular formula is C19H22O4. The van der Waals surface area contributed by atoms with Crippen LogP contribution in [-0.2, 0) is 0 Å². The quantitative estimate of drug-likeness (QED) is 0.582. The molecule has 0 aliphatic carbocycles. The van der Waals surface area contributed by atoms with Gasteiger partial charge in [-0.25, -0.2) is 4.79 Å². The molecule has 2 rings (SSSR count). The van der Waals surface area contributed by atoms with Gasteiger partial charge >= 0.3 is 5.63 Å². The maximum Gasteiger partial charge on any atom is 0.336 e. The molecule has 0 bridgehead atoms. The average Bonchev–Trinajstić information content (AvgIpc) is 2.46. The Balaban J connectivity index is 2.35. The molecule has 0 saturated heterocycles. The van der Waals surface area contributed by atoms with E-state index in [2.05, 4.69) is 0 Å². The van der Waals surface area contributed by atoms with Crippen LogP contribution in [0.5, 0.6) is 11.5 Å². The summed E-state index contributed by atoms with van der Waals surface area (Å²) in [5.41, 5.74) is 2.42. The minimum atomic E-state index is -0.394. The van der Waals surface area contributed by atoms with Crippen LogP contribution in [0, 0.1) is 0 Å². The Labute approximate surface area is 136 Å². The Morgan fingerprint density at radius 3 is 2.30 bits per heavy atom. The lowest BCUT2D eigenvalue weighted by Gasteiger charge is -2.10. The third-order valence-corrected chi connectivity index (χ3v) is 3.15. The molecule has 0 aliphatic heterocycles. The molecule has 23 heavy (non-hydrogen) atoms. The molecule has 0 atom stereocenters. The first kappa shape index (κ1) is 16.9.